The van der Waals surface area contributed by atoms with Crippen LogP contribution in [0.25, 0.3) is 94.9 Å². The highest BCUT2D eigenvalue weighted by Crippen LogP contribution is 2.37. The number of aromatic nitrogens is 5. The Morgan fingerprint density at radius 1 is 0.380 bits per heavy atom. The van der Waals surface area contributed by atoms with Gasteiger partial charge in [-0.1, -0.05) is 109 Å². The molecule has 234 valence electrons. The van der Waals surface area contributed by atoms with Crippen LogP contribution < -0.4 is 0 Å². The number of para-hydroxylation sites is 2. The molecule has 0 fully saturated rings. The van der Waals surface area contributed by atoms with E-state index in [9.17, 15) is 0 Å². The monoisotopic (exact) mass is 641 g/mol. The fraction of sp³-hybridized carbons (Fsp3) is 0. The van der Waals surface area contributed by atoms with Gasteiger partial charge in [-0.2, -0.15) is 0 Å². The first-order valence-corrected chi connectivity index (χ1v) is 16.6. The highest BCUT2D eigenvalue weighted by atomic mass is 16.3. The number of hydrogen-bond donors (Lipinski definition) is 0. The van der Waals surface area contributed by atoms with Gasteiger partial charge in [-0.15, -0.1) is 0 Å². The van der Waals surface area contributed by atoms with Gasteiger partial charge in [0.15, 0.2) is 17.5 Å². The molecule has 0 amide bonds. The van der Waals surface area contributed by atoms with Crippen LogP contribution in [0.4, 0.5) is 0 Å². The van der Waals surface area contributed by atoms with Crippen LogP contribution in [0.5, 0.6) is 0 Å². The van der Waals surface area contributed by atoms with Crippen LogP contribution >= 0.6 is 0 Å². The molecular weight excluding hydrogens is 615 g/mol. The number of furan rings is 1. The number of rotatable bonds is 5. The average molecular weight is 642 g/mol. The second-order valence-electron chi connectivity index (χ2n) is 12.3. The summed E-state index contributed by atoms with van der Waals surface area (Å²) in [5.41, 5.74) is 8.94. The molecule has 0 aliphatic carbocycles. The maximum atomic E-state index is 6.10. The van der Waals surface area contributed by atoms with Crippen LogP contribution in [-0.4, -0.2) is 24.5 Å². The standard InChI is InChI=1S/C44H27N5O/c1-3-11-28(12-4-1)42-46-43(29-13-5-2-6-14-29)48-44(47-42)32-23-24-45-41(27-32)49-37-17-9-7-15-33(37)35-25-30(19-21-38(35)49)31-20-22-40-36(26-31)34-16-8-10-18-39(34)50-40/h1-27H. The number of pyridine rings is 1. The van der Waals surface area contributed by atoms with Crippen molar-refractivity contribution in [2.45, 2.75) is 0 Å². The van der Waals surface area contributed by atoms with Crippen molar-refractivity contribution in [3.63, 3.8) is 0 Å². The van der Waals surface area contributed by atoms with E-state index in [-0.39, 0.29) is 0 Å². The van der Waals surface area contributed by atoms with Crippen LogP contribution in [-0.2, 0) is 0 Å². The molecule has 0 unspecified atom stereocenters. The van der Waals surface area contributed by atoms with E-state index in [1.165, 1.54) is 0 Å². The third kappa shape index (κ3) is 4.65. The molecule has 0 saturated carbocycles. The molecular formula is C44H27N5O. The molecule has 0 atom stereocenters. The fourth-order valence-corrected chi connectivity index (χ4v) is 6.92. The van der Waals surface area contributed by atoms with Crippen molar-refractivity contribution < 1.29 is 4.42 Å². The van der Waals surface area contributed by atoms with Gasteiger partial charge in [0.05, 0.1) is 11.0 Å². The molecule has 6 nitrogen and oxygen atoms in total. The first kappa shape index (κ1) is 28.1. The lowest BCUT2D eigenvalue weighted by Crippen LogP contribution is -2.02. The summed E-state index contributed by atoms with van der Waals surface area (Å²) in [6, 6.07) is 53.9. The topological polar surface area (TPSA) is 69.6 Å². The normalized spacial score (nSPS) is 11.6. The minimum atomic E-state index is 0.589. The van der Waals surface area contributed by atoms with Gasteiger partial charge in [0, 0.05) is 44.4 Å². The summed E-state index contributed by atoms with van der Waals surface area (Å²) in [6.45, 7) is 0. The van der Waals surface area contributed by atoms with E-state index in [4.69, 9.17) is 24.4 Å². The van der Waals surface area contributed by atoms with Gasteiger partial charge in [0.1, 0.15) is 17.0 Å². The van der Waals surface area contributed by atoms with E-state index in [0.717, 1.165) is 77.4 Å². The van der Waals surface area contributed by atoms with Crippen molar-refractivity contribution in [2.75, 3.05) is 0 Å². The van der Waals surface area contributed by atoms with E-state index < -0.39 is 0 Å². The van der Waals surface area contributed by atoms with Crippen LogP contribution in [0.1, 0.15) is 0 Å². The van der Waals surface area contributed by atoms with Crippen LogP contribution in [0.3, 0.4) is 0 Å². The third-order valence-corrected chi connectivity index (χ3v) is 9.31. The van der Waals surface area contributed by atoms with E-state index in [0.29, 0.717) is 17.5 Å². The molecule has 0 saturated heterocycles. The molecule has 10 rings (SSSR count). The fourth-order valence-electron chi connectivity index (χ4n) is 6.92. The first-order chi connectivity index (χ1) is 24.8. The summed E-state index contributed by atoms with van der Waals surface area (Å²) in [5, 5.41) is 4.55. The molecule has 4 heterocycles. The van der Waals surface area contributed by atoms with E-state index in [1.807, 2.05) is 85.1 Å². The lowest BCUT2D eigenvalue weighted by atomic mass is 10.0. The predicted molar refractivity (Wildman–Crippen MR) is 201 cm³/mol. The molecule has 50 heavy (non-hydrogen) atoms. The zero-order valence-corrected chi connectivity index (χ0v) is 26.7. The molecule has 0 N–H and O–H groups in total. The van der Waals surface area contributed by atoms with Crippen molar-refractivity contribution >= 4 is 43.7 Å². The Morgan fingerprint density at radius 2 is 0.940 bits per heavy atom. The number of fused-ring (bicyclic) bond motifs is 6. The Morgan fingerprint density at radius 3 is 1.68 bits per heavy atom. The minimum absolute atomic E-state index is 0.589. The largest absolute Gasteiger partial charge is 0.456 e. The Kier molecular flexibility index (Phi) is 6.39. The van der Waals surface area contributed by atoms with E-state index in [1.54, 1.807) is 0 Å². The zero-order chi connectivity index (χ0) is 33.0. The molecule has 0 spiro atoms. The summed E-state index contributed by atoms with van der Waals surface area (Å²) in [6.07, 6.45) is 1.83. The second kappa shape index (κ2) is 11.4. The van der Waals surface area contributed by atoms with Crippen molar-refractivity contribution in [3.05, 3.63) is 164 Å². The highest BCUT2D eigenvalue weighted by Gasteiger charge is 2.17. The Balaban J connectivity index is 1.12. The molecule has 6 heteroatoms. The number of nitrogens with zero attached hydrogens (tertiary/aromatic N) is 5. The minimum Gasteiger partial charge on any atom is -0.456 e. The van der Waals surface area contributed by atoms with Crippen LogP contribution in [0.2, 0.25) is 0 Å². The summed E-state index contributed by atoms with van der Waals surface area (Å²) in [4.78, 5) is 19.7. The summed E-state index contributed by atoms with van der Waals surface area (Å²) < 4.78 is 8.32. The van der Waals surface area contributed by atoms with Crippen LogP contribution in [0.15, 0.2) is 168 Å². The maximum absolute atomic E-state index is 6.10. The maximum Gasteiger partial charge on any atom is 0.164 e. The van der Waals surface area contributed by atoms with Crippen LogP contribution in [0, 0.1) is 0 Å². The summed E-state index contributed by atoms with van der Waals surface area (Å²) in [7, 11) is 0. The van der Waals surface area contributed by atoms with Gasteiger partial charge in [-0.05, 0) is 59.7 Å². The molecule has 4 aromatic heterocycles. The number of hydrogen-bond acceptors (Lipinski definition) is 5. The van der Waals surface area contributed by atoms with Crippen molar-refractivity contribution in [2.24, 2.45) is 0 Å². The smallest absolute Gasteiger partial charge is 0.164 e. The van der Waals surface area contributed by atoms with E-state index in [2.05, 4.69) is 83.4 Å². The van der Waals surface area contributed by atoms with E-state index >= 15 is 0 Å². The Hall–Kier alpha value is -6.92. The average Bonchev–Trinajstić information content (AvgIpc) is 3.73. The summed E-state index contributed by atoms with van der Waals surface area (Å²) >= 11 is 0. The molecule has 6 aromatic carbocycles. The molecule has 0 aliphatic rings. The predicted octanol–water partition coefficient (Wildman–Crippen LogP) is 10.9. The molecule has 0 bridgehead atoms. The number of benzene rings is 6. The quantitative estimate of drug-likeness (QED) is 0.187. The van der Waals surface area contributed by atoms with Gasteiger partial charge in [-0.3, -0.25) is 4.57 Å². The SMILES string of the molecule is c1ccc(-c2nc(-c3ccccc3)nc(-c3ccnc(-n4c5ccccc5c5cc(-c6ccc7oc8ccccc8c7c6)ccc54)c3)n2)cc1. The molecule has 0 radical (unpaired) electrons. The lowest BCUT2D eigenvalue weighted by Gasteiger charge is -2.11. The zero-order valence-electron chi connectivity index (χ0n) is 26.7. The van der Waals surface area contributed by atoms with Crippen molar-refractivity contribution in [1.29, 1.82) is 0 Å². The molecule has 0 aliphatic heterocycles. The third-order valence-electron chi connectivity index (χ3n) is 9.31. The first-order valence-electron chi connectivity index (χ1n) is 16.6. The van der Waals surface area contributed by atoms with Gasteiger partial charge in [0.25, 0.3) is 0 Å². The summed E-state index contributed by atoms with van der Waals surface area (Å²) in [5.74, 6) is 2.62. The van der Waals surface area contributed by atoms with Crippen molar-refractivity contribution in [3.8, 4) is 51.1 Å². The van der Waals surface area contributed by atoms with Gasteiger partial charge in [0.2, 0.25) is 0 Å². The molecule has 10 aromatic rings. The van der Waals surface area contributed by atoms with Gasteiger partial charge >= 0.3 is 0 Å². The Labute approximate surface area is 287 Å². The highest BCUT2D eigenvalue weighted by molar-refractivity contribution is 6.11. The lowest BCUT2D eigenvalue weighted by molar-refractivity contribution is 0.669. The van der Waals surface area contributed by atoms with Gasteiger partial charge < -0.3 is 4.42 Å². The van der Waals surface area contributed by atoms with Gasteiger partial charge in [-0.25, -0.2) is 19.9 Å². The van der Waals surface area contributed by atoms with Crippen molar-refractivity contribution in [1.82, 2.24) is 24.5 Å². The second-order valence-corrected chi connectivity index (χ2v) is 12.3. The Bertz CT molecular complexity index is 2820.